The topological polar surface area (TPSA) is 113 Å². The Morgan fingerprint density at radius 1 is 1.33 bits per heavy atom. The quantitative estimate of drug-likeness (QED) is 0.541. The third-order valence-corrected chi connectivity index (χ3v) is 3.60. The molecule has 1 aliphatic rings. The van der Waals surface area contributed by atoms with Crippen molar-refractivity contribution in [2.24, 2.45) is 17.6 Å². The number of nitrogens with one attached hydrogen (secondary N) is 1. The molecule has 0 radical (unpaired) electrons. The van der Waals surface area contributed by atoms with Crippen molar-refractivity contribution in [3.8, 4) is 0 Å². The van der Waals surface area contributed by atoms with E-state index < -0.39 is 18.1 Å². The number of carbonyl (C=O) groups is 2. The van der Waals surface area contributed by atoms with Gasteiger partial charge in [-0.1, -0.05) is 0 Å². The highest BCUT2D eigenvalue weighted by Crippen LogP contribution is 2.28. The lowest BCUT2D eigenvalue weighted by Gasteiger charge is -2.28. The second kappa shape index (κ2) is 6.70. The van der Waals surface area contributed by atoms with Gasteiger partial charge in [-0.3, -0.25) is 4.79 Å². The molecule has 1 amide bonds. The summed E-state index contributed by atoms with van der Waals surface area (Å²) in [6.45, 7) is 1.99. The van der Waals surface area contributed by atoms with E-state index in [1.165, 1.54) is 6.92 Å². The molecule has 0 aromatic rings. The van der Waals surface area contributed by atoms with E-state index in [1.807, 2.05) is 0 Å². The Morgan fingerprint density at radius 3 is 2.28 bits per heavy atom. The zero-order chi connectivity index (χ0) is 13.7. The van der Waals surface area contributed by atoms with Crippen LogP contribution < -0.4 is 11.1 Å². The zero-order valence-electron chi connectivity index (χ0n) is 10.6. The highest BCUT2D eigenvalue weighted by Gasteiger charge is 2.30. The summed E-state index contributed by atoms with van der Waals surface area (Å²) in [5.74, 6) is -1.18. The van der Waals surface area contributed by atoms with Crippen LogP contribution in [-0.2, 0) is 9.59 Å². The van der Waals surface area contributed by atoms with Crippen LogP contribution >= 0.6 is 0 Å². The molecule has 0 spiro atoms. The summed E-state index contributed by atoms with van der Waals surface area (Å²) < 4.78 is 0. The van der Waals surface area contributed by atoms with E-state index in [0.29, 0.717) is 12.5 Å². The number of hydrogen-bond acceptors (Lipinski definition) is 4. The van der Waals surface area contributed by atoms with Crippen molar-refractivity contribution in [3.05, 3.63) is 0 Å². The summed E-state index contributed by atoms with van der Waals surface area (Å²) in [6, 6.07) is -1.23. The van der Waals surface area contributed by atoms with Crippen LogP contribution in [0, 0.1) is 11.8 Å². The Labute approximate surface area is 107 Å². The van der Waals surface area contributed by atoms with Gasteiger partial charge in [0.25, 0.3) is 0 Å². The van der Waals surface area contributed by atoms with E-state index >= 15 is 0 Å². The molecule has 0 bridgehead atoms. The first-order valence-corrected chi connectivity index (χ1v) is 6.37. The number of carbonyl (C=O) groups excluding carboxylic acids is 1. The first-order valence-electron chi connectivity index (χ1n) is 6.37. The number of aliphatic hydroxyl groups excluding tert-OH is 1. The maximum Gasteiger partial charge on any atom is 0.328 e. The minimum Gasteiger partial charge on any atom is -0.480 e. The van der Waals surface area contributed by atoms with Gasteiger partial charge in [0.15, 0.2) is 6.04 Å². The summed E-state index contributed by atoms with van der Waals surface area (Å²) in [4.78, 5) is 22.8. The first-order chi connectivity index (χ1) is 8.45. The van der Waals surface area contributed by atoms with Gasteiger partial charge in [0.2, 0.25) is 5.91 Å². The number of carboxylic acids is 1. The Hall–Kier alpha value is -1.14. The molecule has 1 aliphatic carbocycles. The smallest absolute Gasteiger partial charge is 0.328 e. The van der Waals surface area contributed by atoms with Crippen LogP contribution in [0.4, 0.5) is 0 Å². The highest BCUT2D eigenvalue weighted by atomic mass is 16.4. The fraction of sp³-hybridized carbons (Fsp3) is 0.833. The molecule has 5 N–H and O–H groups in total. The third kappa shape index (κ3) is 3.96. The number of amides is 1. The van der Waals surface area contributed by atoms with Crippen LogP contribution in [-0.4, -0.2) is 40.8 Å². The van der Waals surface area contributed by atoms with Crippen LogP contribution in [0.3, 0.4) is 0 Å². The average molecular weight is 258 g/mol. The van der Waals surface area contributed by atoms with Gasteiger partial charge in [-0.2, -0.15) is 0 Å². The molecular formula is C12H22N2O4. The second-order valence-electron chi connectivity index (χ2n) is 5.02. The number of rotatable bonds is 5. The van der Waals surface area contributed by atoms with Crippen molar-refractivity contribution in [1.82, 2.24) is 5.32 Å². The summed E-state index contributed by atoms with van der Waals surface area (Å²) in [7, 11) is 0. The Balaban J connectivity index is 2.48. The van der Waals surface area contributed by atoms with E-state index in [9.17, 15) is 14.7 Å². The number of aliphatic hydroxyl groups is 1. The lowest BCUT2D eigenvalue weighted by molar-refractivity contribution is -0.145. The number of carboxylic acid groups (broad SMARTS) is 1. The molecule has 2 atom stereocenters. The predicted molar refractivity (Wildman–Crippen MR) is 65.7 cm³/mol. The van der Waals surface area contributed by atoms with Gasteiger partial charge in [0.1, 0.15) is 0 Å². The normalized spacial score (nSPS) is 27.3. The fourth-order valence-corrected chi connectivity index (χ4v) is 2.32. The van der Waals surface area contributed by atoms with Gasteiger partial charge in [-0.25, -0.2) is 4.79 Å². The monoisotopic (exact) mass is 258 g/mol. The van der Waals surface area contributed by atoms with Gasteiger partial charge in [0.05, 0.1) is 6.10 Å². The number of hydrogen-bond donors (Lipinski definition) is 4. The second-order valence-corrected chi connectivity index (χ2v) is 5.02. The molecule has 6 heteroatoms. The molecule has 1 saturated carbocycles. The Morgan fingerprint density at radius 2 is 1.89 bits per heavy atom. The maximum absolute atomic E-state index is 11.9. The molecule has 0 saturated heterocycles. The van der Waals surface area contributed by atoms with Crippen molar-refractivity contribution in [3.63, 3.8) is 0 Å². The molecule has 0 aliphatic heterocycles. The summed E-state index contributed by atoms with van der Waals surface area (Å²) in [5.41, 5.74) is 5.57. The lowest BCUT2D eigenvalue weighted by atomic mass is 9.81. The van der Waals surface area contributed by atoms with Crippen molar-refractivity contribution < 1.29 is 19.8 Å². The van der Waals surface area contributed by atoms with Gasteiger partial charge in [-0.05, 0) is 45.1 Å². The van der Waals surface area contributed by atoms with Crippen molar-refractivity contribution in [2.75, 3.05) is 6.54 Å². The molecule has 0 aromatic heterocycles. The van der Waals surface area contributed by atoms with E-state index in [-0.39, 0.29) is 11.8 Å². The van der Waals surface area contributed by atoms with Gasteiger partial charge < -0.3 is 21.3 Å². The summed E-state index contributed by atoms with van der Waals surface area (Å²) in [5, 5.41) is 20.6. The molecule has 0 unspecified atom stereocenters. The average Bonchev–Trinajstić information content (AvgIpc) is 2.35. The lowest BCUT2D eigenvalue weighted by Crippen LogP contribution is -2.50. The minimum absolute atomic E-state index is 0.159. The predicted octanol–water partition coefficient (Wildman–Crippen LogP) is -0.298. The van der Waals surface area contributed by atoms with Gasteiger partial charge >= 0.3 is 5.97 Å². The zero-order valence-corrected chi connectivity index (χ0v) is 10.6. The summed E-state index contributed by atoms with van der Waals surface area (Å²) >= 11 is 0. The van der Waals surface area contributed by atoms with Crippen molar-refractivity contribution in [1.29, 1.82) is 0 Å². The van der Waals surface area contributed by atoms with Crippen molar-refractivity contribution >= 4 is 11.9 Å². The minimum atomic E-state index is -1.23. The molecule has 1 rings (SSSR count). The number of nitrogens with two attached hydrogens (primary N) is 1. The largest absolute Gasteiger partial charge is 0.480 e. The maximum atomic E-state index is 11.9. The van der Waals surface area contributed by atoms with Crippen molar-refractivity contribution in [2.45, 2.75) is 44.8 Å². The SMILES string of the molecule is C[C@@H](O)[C@H](NC(=O)C1CCC(CN)CC1)C(=O)O. The molecule has 1 fully saturated rings. The van der Waals surface area contributed by atoms with Gasteiger partial charge in [-0.15, -0.1) is 0 Å². The standard InChI is InChI=1S/C12H22N2O4/c1-7(15)10(12(17)18)14-11(16)9-4-2-8(6-13)3-5-9/h7-10,15H,2-6,13H2,1H3,(H,14,16)(H,17,18)/t7-,8?,9?,10+/m1/s1. The Kier molecular flexibility index (Phi) is 5.55. The van der Waals surface area contributed by atoms with Crippen LogP contribution in [0.15, 0.2) is 0 Å². The van der Waals surface area contributed by atoms with Crippen LogP contribution in [0.2, 0.25) is 0 Å². The molecule has 104 valence electrons. The van der Waals surface area contributed by atoms with Crippen LogP contribution in [0.5, 0.6) is 0 Å². The van der Waals surface area contributed by atoms with Crippen LogP contribution in [0.25, 0.3) is 0 Å². The van der Waals surface area contributed by atoms with Crippen LogP contribution in [0.1, 0.15) is 32.6 Å². The van der Waals surface area contributed by atoms with E-state index in [2.05, 4.69) is 5.32 Å². The van der Waals surface area contributed by atoms with Gasteiger partial charge in [0, 0.05) is 5.92 Å². The fourth-order valence-electron chi connectivity index (χ4n) is 2.32. The highest BCUT2D eigenvalue weighted by molar-refractivity contribution is 5.85. The molecular weight excluding hydrogens is 236 g/mol. The summed E-state index contributed by atoms with van der Waals surface area (Å²) in [6.07, 6.45) is 2.17. The van der Waals surface area contributed by atoms with E-state index in [0.717, 1.165) is 25.7 Å². The molecule has 18 heavy (non-hydrogen) atoms. The van der Waals surface area contributed by atoms with E-state index in [4.69, 9.17) is 10.8 Å². The molecule has 0 heterocycles. The Bertz CT molecular complexity index is 298. The number of aliphatic carboxylic acids is 1. The molecule has 0 aromatic carbocycles. The molecule has 6 nitrogen and oxygen atoms in total. The first kappa shape index (κ1) is 14.9. The van der Waals surface area contributed by atoms with E-state index in [1.54, 1.807) is 0 Å². The third-order valence-electron chi connectivity index (χ3n) is 3.60.